The van der Waals surface area contributed by atoms with Gasteiger partial charge in [0, 0.05) is 11.5 Å². The lowest BCUT2D eigenvalue weighted by molar-refractivity contribution is 0.134. The van der Waals surface area contributed by atoms with Gasteiger partial charge >= 0.3 is 0 Å². The van der Waals surface area contributed by atoms with Gasteiger partial charge in [-0.3, -0.25) is 0 Å². The number of benzene rings is 1. The van der Waals surface area contributed by atoms with E-state index in [4.69, 9.17) is 4.74 Å². The second kappa shape index (κ2) is 6.06. The van der Waals surface area contributed by atoms with Gasteiger partial charge in [0.25, 0.3) is 0 Å². The van der Waals surface area contributed by atoms with Gasteiger partial charge < -0.3 is 4.74 Å². The fourth-order valence-electron chi connectivity index (χ4n) is 1.07. The number of hydrogen-bond donors (Lipinski definition) is 0. The number of thioether (sulfide) groups is 1. The smallest absolute Gasteiger partial charge is 0.0716 e. The molecule has 0 unspecified atom stereocenters. The minimum Gasteiger partial charge on any atom is -0.377 e. The number of ether oxygens (including phenoxy) is 1. The molecule has 1 rings (SSSR count). The molecule has 1 aromatic carbocycles. The molecule has 0 fully saturated rings. The van der Waals surface area contributed by atoms with Crippen molar-refractivity contribution < 1.29 is 4.74 Å². The van der Waals surface area contributed by atoms with E-state index in [0.717, 1.165) is 19.0 Å². The Morgan fingerprint density at radius 2 is 1.85 bits per heavy atom. The van der Waals surface area contributed by atoms with Crippen molar-refractivity contribution in [3.05, 3.63) is 29.8 Å². The Labute approximate surface area is 84.5 Å². The second-order valence-corrected chi connectivity index (χ2v) is 4.05. The van der Waals surface area contributed by atoms with Crippen molar-refractivity contribution in [2.45, 2.75) is 25.3 Å². The Morgan fingerprint density at radius 1 is 1.15 bits per heavy atom. The normalized spacial score (nSPS) is 10.3. The molecule has 0 saturated heterocycles. The average Bonchev–Trinajstić information content (AvgIpc) is 2.17. The Hall–Kier alpha value is -0.470. The van der Waals surface area contributed by atoms with Crippen LogP contribution in [-0.2, 0) is 11.3 Å². The Balaban J connectivity index is 2.48. The van der Waals surface area contributed by atoms with Crippen LogP contribution >= 0.6 is 11.8 Å². The summed E-state index contributed by atoms with van der Waals surface area (Å²) >= 11 is 1.87. The lowest BCUT2D eigenvalue weighted by Crippen LogP contribution is -1.90. The van der Waals surface area contributed by atoms with Gasteiger partial charge in [0.2, 0.25) is 0 Å². The summed E-state index contributed by atoms with van der Waals surface area (Å²) in [7, 11) is 0. The van der Waals surface area contributed by atoms with Crippen molar-refractivity contribution >= 4 is 11.8 Å². The molecular weight excluding hydrogens is 180 g/mol. The van der Waals surface area contributed by atoms with Crippen LogP contribution in [0.2, 0.25) is 0 Å². The molecular formula is C11H16OS. The second-order valence-electron chi connectivity index (χ2n) is 2.71. The van der Waals surface area contributed by atoms with E-state index < -0.39 is 0 Å². The highest BCUT2D eigenvalue weighted by molar-refractivity contribution is 7.99. The van der Waals surface area contributed by atoms with Crippen LogP contribution in [0.4, 0.5) is 0 Å². The van der Waals surface area contributed by atoms with E-state index in [0.29, 0.717) is 0 Å². The first kappa shape index (κ1) is 10.6. The monoisotopic (exact) mass is 196 g/mol. The van der Waals surface area contributed by atoms with Gasteiger partial charge in [0.05, 0.1) is 6.61 Å². The molecule has 0 heterocycles. The molecule has 13 heavy (non-hydrogen) atoms. The third kappa shape index (κ3) is 3.83. The van der Waals surface area contributed by atoms with E-state index in [1.54, 1.807) is 0 Å². The molecule has 0 spiro atoms. The maximum absolute atomic E-state index is 5.31. The molecule has 0 bridgehead atoms. The highest BCUT2D eigenvalue weighted by atomic mass is 32.2. The molecule has 0 aromatic heterocycles. The molecule has 0 N–H and O–H groups in total. The molecule has 0 radical (unpaired) electrons. The summed E-state index contributed by atoms with van der Waals surface area (Å²) in [4.78, 5) is 1.34. The molecule has 0 atom stereocenters. The fourth-order valence-corrected chi connectivity index (χ4v) is 1.73. The molecule has 0 saturated carbocycles. The van der Waals surface area contributed by atoms with Crippen LogP contribution in [0.3, 0.4) is 0 Å². The van der Waals surface area contributed by atoms with E-state index in [-0.39, 0.29) is 0 Å². The summed E-state index contributed by atoms with van der Waals surface area (Å²) in [6.07, 6.45) is 0. The van der Waals surface area contributed by atoms with Gasteiger partial charge in [-0.2, -0.15) is 0 Å². The quantitative estimate of drug-likeness (QED) is 0.668. The Kier molecular flexibility index (Phi) is 4.94. The Bertz CT molecular complexity index is 230. The zero-order valence-corrected chi connectivity index (χ0v) is 9.06. The first-order valence-electron chi connectivity index (χ1n) is 4.66. The first-order valence-corrected chi connectivity index (χ1v) is 5.64. The minimum absolute atomic E-state index is 0.730. The standard InChI is InChI=1S/C11H16OS/c1-3-12-9-10-5-7-11(8-6-10)13-4-2/h5-8H,3-4,9H2,1-2H3. The van der Waals surface area contributed by atoms with E-state index in [1.165, 1.54) is 10.5 Å². The largest absolute Gasteiger partial charge is 0.377 e. The lowest BCUT2D eigenvalue weighted by atomic mass is 10.2. The summed E-state index contributed by atoms with van der Waals surface area (Å²) in [6, 6.07) is 8.58. The van der Waals surface area contributed by atoms with Gasteiger partial charge in [0.15, 0.2) is 0 Å². The van der Waals surface area contributed by atoms with E-state index in [9.17, 15) is 0 Å². The summed E-state index contributed by atoms with van der Waals surface area (Å²) in [5.74, 6) is 1.13. The van der Waals surface area contributed by atoms with Crippen molar-refractivity contribution in [2.75, 3.05) is 12.4 Å². The fraction of sp³-hybridized carbons (Fsp3) is 0.455. The molecule has 0 amide bonds. The van der Waals surface area contributed by atoms with E-state index >= 15 is 0 Å². The van der Waals surface area contributed by atoms with Crippen molar-refractivity contribution in [3.8, 4) is 0 Å². The summed E-state index contributed by atoms with van der Waals surface area (Å²) in [5, 5.41) is 0. The van der Waals surface area contributed by atoms with Crippen molar-refractivity contribution in [1.82, 2.24) is 0 Å². The van der Waals surface area contributed by atoms with Crippen LogP contribution in [0.25, 0.3) is 0 Å². The number of rotatable bonds is 5. The average molecular weight is 196 g/mol. The predicted octanol–water partition coefficient (Wildman–Crippen LogP) is 3.34. The maximum atomic E-state index is 5.31. The topological polar surface area (TPSA) is 9.23 Å². The molecule has 1 nitrogen and oxygen atoms in total. The van der Waals surface area contributed by atoms with Crippen molar-refractivity contribution in [2.24, 2.45) is 0 Å². The van der Waals surface area contributed by atoms with Crippen molar-refractivity contribution in [3.63, 3.8) is 0 Å². The summed E-state index contributed by atoms with van der Waals surface area (Å²) in [6.45, 7) is 5.69. The van der Waals surface area contributed by atoms with Crippen LogP contribution in [-0.4, -0.2) is 12.4 Å². The zero-order chi connectivity index (χ0) is 9.52. The van der Waals surface area contributed by atoms with Gasteiger partial charge in [-0.05, 0) is 30.4 Å². The molecule has 2 heteroatoms. The highest BCUT2D eigenvalue weighted by Crippen LogP contribution is 2.17. The molecule has 0 aliphatic heterocycles. The molecule has 72 valence electrons. The summed E-state index contributed by atoms with van der Waals surface area (Å²) < 4.78 is 5.31. The highest BCUT2D eigenvalue weighted by Gasteiger charge is 1.93. The zero-order valence-electron chi connectivity index (χ0n) is 8.25. The molecule has 0 aliphatic carbocycles. The molecule has 1 aromatic rings. The molecule has 0 aliphatic rings. The van der Waals surface area contributed by atoms with Crippen LogP contribution in [0.1, 0.15) is 19.4 Å². The van der Waals surface area contributed by atoms with Crippen LogP contribution < -0.4 is 0 Å². The SMILES string of the molecule is CCOCc1ccc(SCC)cc1. The van der Waals surface area contributed by atoms with Crippen molar-refractivity contribution in [1.29, 1.82) is 0 Å². The third-order valence-corrected chi connectivity index (χ3v) is 2.60. The number of hydrogen-bond acceptors (Lipinski definition) is 2. The summed E-state index contributed by atoms with van der Waals surface area (Å²) in [5.41, 5.74) is 1.25. The van der Waals surface area contributed by atoms with Gasteiger partial charge in [0.1, 0.15) is 0 Å². The van der Waals surface area contributed by atoms with E-state index in [1.807, 2.05) is 18.7 Å². The van der Waals surface area contributed by atoms with Gasteiger partial charge in [-0.15, -0.1) is 11.8 Å². The van der Waals surface area contributed by atoms with Gasteiger partial charge in [-0.25, -0.2) is 0 Å². The van der Waals surface area contributed by atoms with Crippen LogP contribution in [0.15, 0.2) is 29.2 Å². The first-order chi connectivity index (χ1) is 6.36. The van der Waals surface area contributed by atoms with Crippen LogP contribution in [0, 0.1) is 0 Å². The Morgan fingerprint density at radius 3 is 2.38 bits per heavy atom. The van der Waals surface area contributed by atoms with Gasteiger partial charge in [-0.1, -0.05) is 19.1 Å². The lowest BCUT2D eigenvalue weighted by Gasteiger charge is -2.02. The predicted molar refractivity (Wildman–Crippen MR) is 58.2 cm³/mol. The third-order valence-electron chi connectivity index (χ3n) is 1.71. The minimum atomic E-state index is 0.730. The van der Waals surface area contributed by atoms with E-state index in [2.05, 4.69) is 31.2 Å². The van der Waals surface area contributed by atoms with Crippen LogP contribution in [0.5, 0.6) is 0 Å². The maximum Gasteiger partial charge on any atom is 0.0716 e.